The Labute approximate surface area is 108 Å². The number of nitrogens with one attached hydrogen (secondary N) is 1. The van der Waals surface area contributed by atoms with Crippen molar-refractivity contribution in [3.63, 3.8) is 0 Å². The Morgan fingerprint density at radius 3 is 2.94 bits per heavy atom. The van der Waals surface area contributed by atoms with E-state index in [1.54, 1.807) is 0 Å². The molecule has 0 amide bonds. The minimum absolute atomic E-state index is 0.146. The van der Waals surface area contributed by atoms with Gasteiger partial charge >= 0.3 is 5.97 Å². The molecule has 1 aromatic carbocycles. The largest absolute Gasteiger partial charge is 0.460 e. The third-order valence-electron chi connectivity index (χ3n) is 3.21. The maximum Gasteiger partial charge on any atom is 0.320 e. The summed E-state index contributed by atoms with van der Waals surface area (Å²) in [6, 6.07) is 10.2. The number of piperazine rings is 1. The molecule has 1 aliphatic heterocycles. The third-order valence-corrected chi connectivity index (χ3v) is 3.21. The molecule has 1 fully saturated rings. The van der Waals surface area contributed by atoms with Crippen LogP contribution in [0, 0.1) is 0 Å². The maximum absolute atomic E-state index is 11.7. The molecule has 0 bridgehead atoms. The Bertz CT molecular complexity index is 381. The van der Waals surface area contributed by atoms with Crippen molar-refractivity contribution >= 4 is 5.97 Å². The van der Waals surface area contributed by atoms with E-state index in [1.807, 2.05) is 30.3 Å². The number of rotatable bonds is 4. The Morgan fingerprint density at radius 2 is 2.22 bits per heavy atom. The van der Waals surface area contributed by atoms with E-state index in [4.69, 9.17) is 4.74 Å². The molecule has 1 heterocycles. The number of hydrogen-bond donors (Lipinski definition) is 1. The zero-order chi connectivity index (χ0) is 12.8. The van der Waals surface area contributed by atoms with Crippen LogP contribution in [0.15, 0.2) is 30.3 Å². The summed E-state index contributed by atoms with van der Waals surface area (Å²) in [4.78, 5) is 13.9. The van der Waals surface area contributed by atoms with E-state index in [2.05, 4.69) is 17.1 Å². The first-order chi connectivity index (χ1) is 8.75. The van der Waals surface area contributed by atoms with Gasteiger partial charge in [-0.1, -0.05) is 30.3 Å². The van der Waals surface area contributed by atoms with Gasteiger partial charge in [-0.3, -0.25) is 9.69 Å². The molecule has 98 valence electrons. The molecule has 0 aromatic heterocycles. The van der Waals surface area contributed by atoms with Crippen LogP contribution in [0.25, 0.3) is 0 Å². The summed E-state index contributed by atoms with van der Waals surface area (Å²) in [5, 5.41) is 3.30. The summed E-state index contributed by atoms with van der Waals surface area (Å²) in [5.74, 6) is -0.146. The monoisotopic (exact) mass is 248 g/mol. The van der Waals surface area contributed by atoms with E-state index < -0.39 is 0 Å². The average molecular weight is 248 g/mol. The minimum Gasteiger partial charge on any atom is -0.460 e. The summed E-state index contributed by atoms with van der Waals surface area (Å²) in [6.45, 7) is 5.65. The second-order valence-electron chi connectivity index (χ2n) is 4.67. The van der Waals surface area contributed by atoms with Crippen LogP contribution in [-0.2, 0) is 16.1 Å². The van der Waals surface area contributed by atoms with E-state index in [0.29, 0.717) is 19.2 Å². The van der Waals surface area contributed by atoms with Crippen molar-refractivity contribution in [2.45, 2.75) is 19.6 Å². The molecular weight excluding hydrogens is 228 g/mol. The smallest absolute Gasteiger partial charge is 0.320 e. The van der Waals surface area contributed by atoms with Crippen molar-refractivity contribution in [2.75, 3.05) is 26.2 Å². The normalized spacial score (nSPS) is 20.6. The predicted molar refractivity (Wildman–Crippen MR) is 70.1 cm³/mol. The molecule has 0 spiro atoms. The molecule has 0 radical (unpaired) electrons. The standard InChI is InChI=1S/C14H20N2O2/c1-12-9-15-7-8-16(12)10-14(17)18-11-13-5-3-2-4-6-13/h2-6,12,15H,7-11H2,1H3/t12-/m0/s1. The zero-order valence-electron chi connectivity index (χ0n) is 10.8. The SMILES string of the molecule is C[C@H]1CNCCN1CC(=O)OCc1ccccc1. The number of carbonyl (C=O) groups is 1. The molecule has 2 rings (SSSR count). The number of esters is 1. The second kappa shape index (κ2) is 6.52. The van der Waals surface area contributed by atoms with Crippen molar-refractivity contribution in [1.29, 1.82) is 0 Å². The van der Waals surface area contributed by atoms with Gasteiger partial charge in [0.2, 0.25) is 0 Å². The fourth-order valence-electron chi connectivity index (χ4n) is 2.07. The van der Waals surface area contributed by atoms with Gasteiger partial charge in [0.15, 0.2) is 0 Å². The Morgan fingerprint density at radius 1 is 1.44 bits per heavy atom. The molecule has 1 N–H and O–H groups in total. The quantitative estimate of drug-likeness (QED) is 0.808. The first-order valence-electron chi connectivity index (χ1n) is 6.40. The average Bonchev–Trinajstić information content (AvgIpc) is 2.40. The second-order valence-corrected chi connectivity index (χ2v) is 4.67. The van der Waals surface area contributed by atoms with Crippen molar-refractivity contribution in [3.05, 3.63) is 35.9 Å². The minimum atomic E-state index is -0.146. The molecule has 1 aromatic rings. The van der Waals surface area contributed by atoms with Gasteiger partial charge < -0.3 is 10.1 Å². The number of benzene rings is 1. The molecule has 1 aliphatic rings. The molecule has 4 heteroatoms. The Balaban J connectivity index is 1.75. The highest BCUT2D eigenvalue weighted by molar-refractivity contribution is 5.71. The first kappa shape index (κ1) is 13.1. The van der Waals surface area contributed by atoms with Crippen LogP contribution >= 0.6 is 0 Å². The fourth-order valence-corrected chi connectivity index (χ4v) is 2.07. The van der Waals surface area contributed by atoms with Crippen LogP contribution in [0.4, 0.5) is 0 Å². The van der Waals surface area contributed by atoms with Gasteiger partial charge in [-0.05, 0) is 12.5 Å². The highest BCUT2D eigenvalue weighted by atomic mass is 16.5. The molecule has 18 heavy (non-hydrogen) atoms. The highest BCUT2D eigenvalue weighted by Gasteiger charge is 2.20. The van der Waals surface area contributed by atoms with Gasteiger partial charge in [-0.2, -0.15) is 0 Å². The van der Waals surface area contributed by atoms with Crippen molar-refractivity contribution in [3.8, 4) is 0 Å². The van der Waals surface area contributed by atoms with Crippen molar-refractivity contribution < 1.29 is 9.53 Å². The molecule has 0 unspecified atom stereocenters. The van der Waals surface area contributed by atoms with E-state index in [9.17, 15) is 4.79 Å². The number of ether oxygens (including phenoxy) is 1. The van der Waals surface area contributed by atoms with E-state index in [-0.39, 0.29) is 5.97 Å². The molecule has 1 atom stereocenters. The lowest BCUT2D eigenvalue weighted by atomic mass is 10.2. The first-order valence-corrected chi connectivity index (χ1v) is 6.40. The van der Waals surface area contributed by atoms with Crippen LogP contribution in [0.5, 0.6) is 0 Å². The predicted octanol–water partition coefficient (Wildman–Crippen LogP) is 1.02. The van der Waals surface area contributed by atoms with Crippen LogP contribution in [0.1, 0.15) is 12.5 Å². The number of carbonyl (C=O) groups excluding carboxylic acids is 1. The Kier molecular flexibility index (Phi) is 4.73. The maximum atomic E-state index is 11.7. The van der Waals surface area contributed by atoms with Gasteiger partial charge in [-0.15, -0.1) is 0 Å². The lowest BCUT2D eigenvalue weighted by Crippen LogP contribution is -2.51. The molecule has 4 nitrogen and oxygen atoms in total. The van der Waals surface area contributed by atoms with Crippen molar-refractivity contribution in [1.82, 2.24) is 10.2 Å². The Hall–Kier alpha value is -1.39. The fraction of sp³-hybridized carbons (Fsp3) is 0.500. The van der Waals surface area contributed by atoms with Crippen LogP contribution < -0.4 is 5.32 Å². The lowest BCUT2D eigenvalue weighted by molar-refractivity contribution is -0.147. The topological polar surface area (TPSA) is 41.6 Å². The van der Waals surface area contributed by atoms with Gasteiger partial charge in [0.1, 0.15) is 6.61 Å². The van der Waals surface area contributed by atoms with E-state index in [1.165, 1.54) is 0 Å². The van der Waals surface area contributed by atoms with Crippen LogP contribution in [-0.4, -0.2) is 43.1 Å². The summed E-state index contributed by atoms with van der Waals surface area (Å²) in [5.41, 5.74) is 1.03. The molecule has 0 aliphatic carbocycles. The van der Waals surface area contributed by atoms with Crippen LogP contribution in [0.3, 0.4) is 0 Å². The van der Waals surface area contributed by atoms with Crippen LogP contribution in [0.2, 0.25) is 0 Å². The zero-order valence-corrected chi connectivity index (χ0v) is 10.8. The van der Waals surface area contributed by atoms with E-state index in [0.717, 1.165) is 25.2 Å². The van der Waals surface area contributed by atoms with Gasteiger partial charge in [0.05, 0.1) is 6.54 Å². The van der Waals surface area contributed by atoms with Gasteiger partial charge in [-0.25, -0.2) is 0 Å². The third kappa shape index (κ3) is 3.82. The molecule has 1 saturated heterocycles. The molecule has 0 saturated carbocycles. The van der Waals surface area contributed by atoms with Crippen molar-refractivity contribution in [2.24, 2.45) is 0 Å². The number of hydrogen-bond acceptors (Lipinski definition) is 4. The summed E-state index contributed by atoms with van der Waals surface area (Å²) in [7, 11) is 0. The van der Waals surface area contributed by atoms with Gasteiger partial charge in [0, 0.05) is 25.7 Å². The highest BCUT2D eigenvalue weighted by Crippen LogP contribution is 2.04. The summed E-state index contributed by atoms with van der Waals surface area (Å²) in [6.07, 6.45) is 0. The van der Waals surface area contributed by atoms with Gasteiger partial charge in [0.25, 0.3) is 0 Å². The molecular formula is C14H20N2O2. The number of nitrogens with zero attached hydrogens (tertiary/aromatic N) is 1. The summed E-state index contributed by atoms with van der Waals surface area (Å²) < 4.78 is 5.28. The van der Waals surface area contributed by atoms with E-state index >= 15 is 0 Å². The lowest BCUT2D eigenvalue weighted by Gasteiger charge is -2.32. The summed E-state index contributed by atoms with van der Waals surface area (Å²) >= 11 is 0.